The first kappa shape index (κ1) is 26.0. The number of unbranched alkanes of at least 4 members (excludes halogenated alkanes) is 2. The standard InChI is InChI=1S/C28H42BNO3/c1-2-3-6-15-26(24-11-7-4-8-12-24)22-28(29-32-20-17-30-18-21-33-29)23-27(16-19-31)25-13-9-5-10-14-25/h4-5,7-14,26-28,30-31H,2-3,6,15-23H2,1H3. The lowest BCUT2D eigenvalue weighted by Gasteiger charge is -2.32. The van der Waals surface area contributed by atoms with Crippen molar-refractivity contribution >= 4 is 7.12 Å². The second-order valence-electron chi connectivity index (χ2n) is 9.31. The molecule has 0 spiro atoms. The lowest BCUT2D eigenvalue weighted by molar-refractivity contribution is 0.163. The molecule has 1 fully saturated rings. The van der Waals surface area contributed by atoms with Gasteiger partial charge in [-0.15, -0.1) is 0 Å². The molecule has 0 radical (unpaired) electrons. The smallest absolute Gasteiger partial charge is 0.410 e. The van der Waals surface area contributed by atoms with E-state index in [4.69, 9.17) is 9.31 Å². The van der Waals surface area contributed by atoms with E-state index in [1.165, 1.54) is 36.8 Å². The average molecular weight is 451 g/mol. The Morgan fingerprint density at radius 3 is 1.88 bits per heavy atom. The van der Waals surface area contributed by atoms with Crippen molar-refractivity contribution in [3.8, 4) is 0 Å². The molecule has 1 saturated heterocycles. The summed E-state index contributed by atoms with van der Waals surface area (Å²) in [5.41, 5.74) is 2.72. The fourth-order valence-electron chi connectivity index (χ4n) is 5.08. The van der Waals surface area contributed by atoms with Crippen molar-refractivity contribution in [2.75, 3.05) is 32.9 Å². The second kappa shape index (κ2) is 15.3. The van der Waals surface area contributed by atoms with Gasteiger partial charge in [-0.2, -0.15) is 0 Å². The van der Waals surface area contributed by atoms with Gasteiger partial charge < -0.3 is 19.7 Å². The van der Waals surface area contributed by atoms with Crippen molar-refractivity contribution in [1.29, 1.82) is 0 Å². The molecule has 180 valence electrons. The van der Waals surface area contributed by atoms with E-state index in [-0.39, 0.29) is 19.5 Å². The van der Waals surface area contributed by atoms with Crippen LogP contribution < -0.4 is 5.32 Å². The van der Waals surface area contributed by atoms with Crippen LogP contribution in [0.15, 0.2) is 60.7 Å². The van der Waals surface area contributed by atoms with E-state index in [9.17, 15) is 5.11 Å². The molecular formula is C28H42BNO3. The molecule has 3 unspecified atom stereocenters. The van der Waals surface area contributed by atoms with Crippen LogP contribution in [0.1, 0.15) is 74.8 Å². The topological polar surface area (TPSA) is 50.7 Å². The van der Waals surface area contributed by atoms with Crippen LogP contribution in [0.2, 0.25) is 5.82 Å². The van der Waals surface area contributed by atoms with Gasteiger partial charge in [0.25, 0.3) is 0 Å². The molecule has 0 aromatic heterocycles. The third kappa shape index (κ3) is 8.90. The van der Waals surface area contributed by atoms with Crippen LogP contribution >= 0.6 is 0 Å². The van der Waals surface area contributed by atoms with Gasteiger partial charge in [0.15, 0.2) is 0 Å². The molecule has 2 aromatic rings. The molecule has 1 aliphatic heterocycles. The maximum absolute atomic E-state index is 9.84. The van der Waals surface area contributed by atoms with Crippen molar-refractivity contribution < 1.29 is 14.4 Å². The van der Waals surface area contributed by atoms with E-state index in [1.807, 2.05) is 0 Å². The van der Waals surface area contributed by atoms with Crippen LogP contribution in [-0.4, -0.2) is 45.1 Å². The first-order chi connectivity index (χ1) is 16.3. The number of hydrogen-bond donors (Lipinski definition) is 2. The largest absolute Gasteiger partial charge is 0.460 e. The number of aliphatic hydroxyl groups excluding tert-OH is 1. The minimum atomic E-state index is -0.200. The molecule has 0 saturated carbocycles. The Labute approximate surface area is 201 Å². The van der Waals surface area contributed by atoms with Gasteiger partial charge in [-0.3, -0.25) is 0 Å². The van der Waals surface area contributed by atoms with Crippen molar-refractivity contribution in [3.63, 3.8) is 0 Å². The summed E-state index contributed by atoms with van der Waals surface area (Å²) >= 11 is 0. The minimum Gasteiger partial charge on any atom is -0.410 e. The molecule has 3 rings (SSSR count). The first-order valence-corrected chi connectivity index (χ1v) is 13.0. The number of hydrogen-bond acceptors (Lipinski definition) is 4. The summed E-state index contributed by atoms with van der Waals surface area (Å²) in [7, 11) is -0.200. The quantitative estimate of drug-likeness (QED) is 0.299. The summed E-state index contributed by atoms with van der Waals surface area (Å²) in [6, 6.07) is 21.6. The highest BCUT2D eigenvalue weighted by atomic mass is 16.6. The normalized spacial score (nSPS) is 17.7. The highest BCUT2D eigenvalue weighted by Gasteiger charge is 2.35. The lowest BCUT2D eigenvalue weighted by atomic mass is 9.62. The first-order valence-electron chi connectivity index (χ1n) is 13.0. The van der Waals surface area contributed by atoms with E-state index in [0.29, 0.717) is 25.0 Å². The second-order valence-corrected chi connectivity index (χ2v) is 9.31. The van der Waals surface area contributed by atoms with Crippen LogP contribution in [0.25, 0.3) is 0 Å². The highest BCUT2D eigenvalue weighted by Crippen LogP contribution is 2.40. The molecule has 5 heteroatoms. The Morgan fingerprint density at radius 1 is 0.818 bits per heavy atom. The number of nitrogens with one attached hydrogen (secondary N) is 1. The molecule has 0 aliphatic carbocycles. The van der Waals surface area contributed by atoms with E-state index in [2.05, 4.69) is 72.9 Å². The lowest BCUT2D eigenvalue weighted by Crippen LogP contribution is -2.39. The van der Waals surface area contributed by atoms with Crippen molar-refractivity contribution in [2.24, 2.45) is 0 Å². The third-order valence-electron chi connectivity index (χ3n) is 6.86. The maximum atomic E-state index is 9.84. The Bertz CT molecular complexity index is 737. The third-order valence-corrected chi connectivity index (χ3v) is 6.86. The average Bonchev–Trinajstić information content (AvgIpc) is 2.83. The molecule has 0 amide bonds. The summed E-state index contributed by atoms with van der Waals surface area (Å²) in [4.78, 5) is 0. The van der Waals surface area contributed by atoms with E-state index >= 15 is 0 Å². The minimum absolute atomic E-state index is 0.196. The van der Waals surface area contributed by atoms with Crippen LogP contribution in [0.3, 0.4) is 0 Å². The van der Waals surface area contributed by atoms with Crippen LogP contribution in [-0.2, 0) is 9.31 Å². The maximum Gasteiger partial charge on any atom is 0.460 e. The molecular weight excluding hydrogens is 409 g/mol. The van der Waals surface area contributed by atoms with Gasteiger partial charge >= 0.3 is 7.12 Å². The van der Waals surface area contributed by atoms with Gasteiger partial charge in [-0.1, -0.05) is 86.8 Å². The molecule has 33 heavy (non-hydrogen) atoms. The molecule has 3 atom stereocenters. The summed E-state index contributed by atoms with van der Waals surface area (Å²) < 4.78 is 12.6. The van der Waals surface area contributed by atoms with Gasteiger partial charge in [0.1, 0.15) is 0 Å². The predicted octanol–water partition coefficient (Wildman–Crippen LogP) is 5.79. The summed E-state index contributed by atoms with van der Waals surface area (Å²) in [6.07, 6.45) is 7.71. The van der Waals surface area contributed by atoms with Crippen molar-refractivity contribution in [1.82, 2.24) is 5.32 Å². The van der Waals surface area contributed by atoms with Gasteiger partial charge in [-0.25, -0.2) is 0 Å². The number of aliphatic hydroxyl groups is 1. The molecule has 1 heterocycles. The van der Waals surface area contributed by atoms with Crippen molar-refractivity contribution in [3.05, 3.63) is 71.8 Å². The van der Waals surface area contributed by atoms with Crippen LogP contribution in [0.5, 0.6) is 0 Å². The molecule has 1 aliphatic rings. The number of rotatable bonds is 13. The van der Waals surface area contributed by atoms with Gasteiger partial charge in [-0.05, 0) is 54.5 Å². The zero-order valence-corrected chi connectivity index (χ0v) is 20.3. The van der Waals surface area contributed by atoms with Gasteiger partial charge in [0.2, 0.25) is 0 Å². The Morgan fingerprint density at radius 2 is 1.36 bits per heavy atom. The Balaban J connectivity index is 1.83. The SMILES string of the molecule is CCCCCC(CC(CC(CCO)c1ccccc1)B1OCCNCCO1)c1ccccc1. The molecule has 4 nitrogen and oxygen atoms in total. The van der Waals surface area contributed by atoms with Gasteiger partial charge in [0, 0.05) is 32.9 Å². The highest BCUT2D eigenvalue weighted by molar-refractivity contribution is 6.46. The van der Waals surface area contributed by atoms with Crippen molar-refractivity contribution in [2.45, 2.75) is 69.5 Å². The van der Waals surface area contributed by atoms with E-state index in [0.717, 1.165) is 32.4 Å². The Hall–Kier alpha value is -1.66. The molecule has 2 N–H and O–H groups in total. The Kier molecular flexibility index (Phi) is 12.0. The molecule has 2 aromatic carbocycles. The number of benzene rings is 2. The summed E-state index contributed by atoms with van der Waals surface area (Å²) in [5.74, 6) is 1.06. The fraction of sp³-hybridized carbons (Fsp3) is 0.571. The van der Waals surface area contributed by atoms with Crippen LogP contribution in [0.4, 0.5) is 0 Å². The summed E-state index contributed by atoms with van der Waals surface area (Å²) in [6.45, 7) is 5.53. The zero-order valence-electron chi connectivity index (χ0n) is 20.3. The fourth-order valence-corrected chi connectivity index (χ4v) is 5.08. The van der Waals surface area contributed by atoms with Crippen LogP contribution in [0, 0.1) is 0 Å². The monoisotopic (exact) mass is 451 g/mol. The predicted molar refractivity (Wildman–Crippen MR) is 138 cm³/mol. The van der Waals surface area contributed by atoms with E-state index < -0.39 is 0 Å². The molecule has 0 bridgehead atoms. The van der Waals surface area contributed by atoms with Gasteiger partial charge in [0.05, 0.1) is 0 Å². The zero-order chi connectivity index (χ0) is 23.1. The van der Waals surface area contributed by atoms with E-state index in [1.54, 1.807) is 0 Å². The summed E-state index contributed by atoms with van der Waals surface area (Å²) in [5, 5.41) is 13.2.